The first-order valence-electron chi connectivity index (χ1n) is 5.24. The highest BCUT2D eigenvalue weighted by Gasteiger charge is 2.26. The molecule has 0 heterocycles. The van der Waals surface area contributed by atoms with Crippen LogP contribution in [0, 0.1) is 0 Å². The third-order valence-electron chi connectivity index (χ3n) is 2.87. The van der Waals surface area contributed by atoms with Crippen LogP contribution in [0.1, 0.15) is 6.92 Å². The summed E-state index contributed by atoms with van der Waals surface area (Å²) in [7, 11) is 3.99. The second-order valence-electron chi connectivity index (χ2n) is 4.34. The van der Waals surface area contributed by atoms with E-state index >= 15 is 0 Å². The Hall–Kier alpha value is -0.770. The molecule has 3 nitrogen and oxygen atoms in total. The Morgan fingerprint density at radius 2 is 2.12 bits per heavy atom. The molecule has 0 saturated heterocycles. The Bertz CT molecular complexity index is 344. The van der Waals surface area contributed by atoms with Crippen LogP contribution in [0.15, 0.2) is 24.3 Å². The summed E-state index contributed by atoms with van der Waals surface area (Å²) >= 11 is 5.88. The van der Waals surface area contributed by atoms with Crippen LogP contribution in [-0.2, 0) is 0 Å². The van der Waals surface area contributed by atoms with E-state index in [4.69, 9.17) is 22.1 Å². The second kappa shape index (κ2) is 5.53. The van der Waals surface area contributed by atoms with Crippen molar-refractivity contribution >= 4 is 11.6 Å². The monoisotopic (exact) mass is 242 g/mol. The highest BCUT2D eigenvalue weighted by Crippen LogP contribution is 2.19. The van der Waals surface area contributed by atoms with Gasteiger partial charge in [-0.1, -0.05) is 17.7 Å². The minimum atomic E-state index is -0.164. The van der Waals surface area contributed by atoms with Crippen molar-refractivity contribution in [1.29, 1.82) is 0 Å². The van der Waals surface area contributed by atoms with Gasteiger partial charge in [0.1, 0.15) is 12.4 Å². The summed E-state index contributed by atoms with van der Waals surface area (Å²) in [6.07, 6.45) is 0. The molecule has 0 aliphatic carbocycles. The van der Waals surface area contributed by atoms with Crippen molar-refractivity contribution in [3.8, 4) is 5.75 Å². The summed E-state index contributed by atoms with van der Waals surface area (Å²) in [5, 5.41) is 0.678. The van der Waals surface area contributed by atoms with Crippen LogP contribution < -0.4 is 10.5 Å². The standard InChI is InChI=1S/C12H19ClN2O/c1-12(8-14,15(2)3)9-16-11-6-4-5-10(13)7-11/h4-7H,8-9,14H2,1-3H3. The van der Waals surface area contributed by atoms with Gasteiger partial charge < -0.3 is 10.5 Å². The molecule has 0 aliphatic heterocycles. The number of benzene rings is 1. The molecule has 0 amide bonds. The van der Waals surface area contributed by atoms with Crippen LogP contribution in [0.3, 0.4) is 0 Å². The molecule has 0 saturated carbocycles. The summed E-state index contributed by atoms with van der Waals surface area (Å²) in [6.45, 7) is 3.15. The van der Waals surface area contributed by atoms with Gasteiger partial charge in [-0.05, 0) is 39.2 Å². The maximum Gasteiger partial charge on any atom is 0.120 e. The van der Waals surface area contributed by atoms with Gasteiger partial charge in [0.15, 0.2) is 0 Å². The largest absolute Gasteiger partial charge is 0.492 e. The zero-order valence-corrected chi connectivity index (χ0v) is 10.8. The number of nitrogens with zero attached hydrogens (tertiary/aromatic N) is 1. The van der Waals surface area contributed by atoms with E-state index in [1.807, 2.05) is 32.3 Å². The van der Waals surface area contributed by atoms with E-state index in [-0.39, 0.29) is 5.54 Å². The number of nitrogens with two attached hydrogens (primary N) is 1. The predicted molar refractivity (Wildman–Crippen MR) is 68.1 cm³/mol. The molecule has 0 radical (unpaired) electrons. The number of halogens is 1. The van der Waals surface area contributed by atoms with Crippen LogP contribution in [0.2, 0.25) is 5.02 Å². The van der Waals surface area contributed by atoms with Gasteiger partial charge in [0.2, 0.25) is 0 Å². The lowest BCUT2D eigenvalue weighted by Gasteiger charge is -2.34. The molecule has 0 bridgehead atoms. The first-order valence-corrected chi connectivity index (χ1v) is 5.61. The lowest BCUT2D eigenvalue weighted by atomic mass is 10.0. The first-order chi connectivity index (χ1) is 7.48. The second-order valence-corrected chi connectivity index (χ2v) is 4.78. The third kappa shape index (κ3) is 3.37. The van der Waals surface area contributed by atoms with Crippen molar-refractivity contribution in [2.45, 2.75) is 12.5 Å². The summed E-state index contributed by atoms with van der Waals surface area (Å²) in [4.78, 5) is 2.07. The van der Waals surface area contributed by atoms with Crippen molar-refractivity contribution < 1.29 is 4.74 Å². The van der Waals surface area contributed by atoms with Gasteiger partial charge in [0.05, 0.1) is 5.54 Å². The molecular formula is C12H19ClN2O. The molecule has 0 aromatic heterocycles. The van der Waals surface area contributed by atoms with Gasteiger partial charge in [-0.25, -0.2) is 0 Å². The Kier molecular flexibility index (Phi) is 4.59. The molecule has 90 valence electrons. The first kappa shape index (κ1) is 13.3. The van der Waals surface area contributed by atoms with Gasteiger partial charge in [0, 0.05) is 11.6 Å². The van der Waals surface area contributed by atoms with E-state index in [0.717, 1.165) is 5.75 Å². The molecular weight excluding hydrogens is 224 g/mol. The molecule has 1 aromatic carbocycles. The van der Waals surface area contributed by atoms with E-state index in [1.165, 1.54) is 0 Å². The fraction of sp³-hybridized carbons (Fsp3) is 0.500. The lowest BCUT2D eigenvalue weighted by molar-refractivity contribution is 0.104. The van der Waals surface area contributed by atoms with Gasteiger partial charge in [-0.15, -0.1) is 0 Å². The molecule has 16 heavy (non-hydrogen) atoms. The van der Waals surface area contributed by atoms with Crippen molar-refractivity contribution in [2.24, 2.45) is 5.73 Å². The number of hydrogen-bond donors (Lipinski definition) is 1. The number of ether oxygens (including phenoxy) is 1. The van der Waals surface area contributed by atoms with Crippen LogP contribution >= 0.6 is 11.6 Å². The fourth-order valence-electron chi connectivity index (χ4n) is 1.17. The average Bonchev–Trinajstić information content (AvgIpc) is 2.26. The summed E-state index contributed by atoms with van der Waals surface area (Å²) in [5.41, 5.74) is 5.59. The van der Waals surface area contributed by atoms with Crippen molar-refractivity contribution in [3.63, 3.8) is 0 Å². The van der Waals surface area contributed by atoms with E-state index in [9.17, 15) is 0 Å². The van der Waals surface area contributed by atoms with E-state index in [1.54, 1.807) is 6.07 Å². The minimum absolute atomic E-state index is 0.164. The van der Waals surface area contributed by atoms with Gasteiger partial charge in [0.25, 0.3) is 0 Å². The van der Waals surface area contributed by atoms with Gasteiger partial charge in [-0.2, -0.15) is 0 Å². The van der Waals surface area contributed by atoms with Crippen LogP contribution in [0.5, 0.6) is 5.75 Å². The highest BCUT2D eigenvalue weighted by molar-refractivity contribution is 6.30. The normalized spacial score (nSPS) is 14.9. The van der Waals surface area contributed by atoms with Crippen LogP contribution in [0.25, 0.3) is 0 Å². The van der Waals surface area contributed by atoms with E-state index in [0.29, 0.717) is 18.2 Å². The fourth-order valence-corrected chi connectivity index (χ4v) is 1.35. The summed E-state index contributed by atoms with van der Waals surface area (Å²) in [5.74, 6) is 0.772. The van der Waals surface area contributed by atoms with Crippen LogP contribution in [0.4, 0.5) is 0 Å². The molecule has 0 fully saturated rings. The highest BCUT2D eigenvalue weighted by atomic mass is 35.5. The molecule has 1 rings (SSSR count). The summed E-state index contributed by atoms with van der Waals surface area (Å²) in [6, 6.07) is 7.38. The van der Waals surface area contributed by atoms with E-state index in [2.05, 4.69) is 11.8 Å². The zero-order valence-electron chi connectivity index (χ0n) is 10.0. The molecule has 1 aromatic rings. The van der Waals surface area contributed by atoms with Gasteiger partial charge >= 0.3 is 0 Å². The Balaban J connectivity index is 2.63. The third-order valence-corrected chi connectivity index (χ3v) is 3.10. The Morgan fingerprint density at radius 1 is 1.44 bits per heavy atom. The van der Waals surface area contributed by atoms with E-state index < -0.39 is 0 Å². The molecule has 0 aliphatic rings. The molecule has 2 N–H and O–H groups in total. The Labute approximate surface area is 102 Å². The maximum atomic E-state index is 5.88. The zero-order chi connectivity index (χ0) is 12.2. The number of likely N-dealkylation sites (N-methyl/N-ethyl adjacent to an activating group) is 1. The molecule has 1 unspecified atom stereocenters. The quantitative estimate of drug-likeness (QED) is 0.859. The van der Waals surface area contributed by atoms with Crippen molar-refractivity contribution in [3.05, 3.63) is 29.3 Å². The van der Waals surface area contributed by atoms with Crippen molar-refractivity contribution in [2.75, 3.05) is 27.2 Å². The molecule has 4 heteroatoms. The number of hydrogen-bond acceptors (Lipinski definition) is 3. The average molecular weight is 243 g/mol. The van der Waals surface area contributed by atoms with Crippen molar-refractivity contribution in [1.82, 2.24) is 4.90 Å². The van der Waals surface area contributed by atoms with Gasteiger partial charge in [-0.3, -0.25) is 4.90 Å². The molecule has 0 spiro atoms. The minimum Gasteiger partial charge on any atom is -0.492 e. The Morgan fingerprint density at radius 3 is 2.62 bits per heavy atom. The topological polar surface area (TPSA) is 38.5 Å². The predicted octanol–water partition coefficient (Wildman–Crippen LogP) is 2.00. The molecule has 1 atom stereocenters. The lowest BCUT2D eigenvalue weighted by Crippen LogP contribution is -2.52. The smallest absolute Gasteiger partial charge is 0.120 e. The summed E-state index contributed by atoms with van der Waals surface area (Å²) < 4.78 is 5.70. The SMILES string of the molecule is CN(C)C(C)(CN)COc1cccc(Cl)c1. The maximum absolute atomic E-state index is 5.88. The van der Waals surface area contributed by atoms with Crippen LogP contribution in [-0.4, -0.2) is 37.7 Å². The number of rotatable bonds is 5.